The van der Waals surface area contributed by atoms with Gasteiger partial charge in [0, 0.05) is 12.6 Å². The van der Waals surface area contributed by atoms with E-state index in [4.69, 9.17) is 0 Å². The van der Waals surface area contributed by atoms with Crippen LogP contribution in [0.4, 0.5) is 0 Å². The molecule has 2 nitrogen and oxygen atoms in total. The van der Waals surface area contributed by atoms with Crippen LogP contribution in [-0.2, 0) is 12.0 Å². The van der Waals surface area contributed by atoms with E-state index >= 15 is 0 Å². The van der Waals surface area contributed by atoms with Gasteiger partial charge >= 0.3 is 0 Å². The Morgan fingerprint density at radius 3 is 2.32 bits per heavy atom. The topological polar surface area (TPSA) is 32.6 Å². The van der Waals surface area contributed by atoms with Crippen LogP contribution in [0.15, 0.2) is 71.7 Å². The molecular weight excluding hydrogens is 234 g/mol. The lowest BCUT2D eigenvalue weighted by molar-refractivity contribution is 0.474. The Morgan fingerprint density at radius 2 is 1.68 bits per heavy atom. The number of phenols is 1. The molecule has 3 rings (SSSR count). The zero-order valence-corrected chi connectivity index (χ0v) is 10.5. The molecule has 0 spiro atoms. The first-order valence-corrected chi connectivity index (χ1v) is 6.35. The van der Waals surface area contributed by atoms with Gasteiger partial charge in [-0.25, -0.2) is 0 Å². The minimum atomic E-state index is -0.338. The normalized spacial score (nSPS) is 20.8. The summed E-state index contributed by atoms with van der Waals surface area (Å²) in [6, 6.07) is 17.6. The maximum absolute atomic E-state index is 9.42. The molecule has 19 heavy (non-hydrogen) atoms. The summed E-state index contributed by atoms with van der Waals surface area (Å²) in [5.41, 5.74) is 2.01. The maximum Gasteiger partial charge on any atom is 0.115 e. The highest BCUT2D eigenvalue weighted by molar-refractivity contribution is 5.76. The molecule has 94 valence electrons. The summed E-state index contributed by atoms with van der Waals surface area (Å²) in [6.07, 6.45) is 6.77. The smallest absolute Gasteiger partial charge is 0.115 e. The zero-order valence-electron chi connectivity index (χ0n) is 10.5. The number of phenolic OH excluding ortho intramolecular Hbond substituents is 1. The Bertz CT molecular complexity index is 599. The van der Waals surface area contributed by atoms with Gasteiger partial charge in [0.25, 0.3) is 0 Å². The average Bonchev–Trinajstić information content (AvgIpc) is 2.90. The SMILES string of the molecule is Oc1ccc(C2(Cc3ccccc3)C=CC=N2)cc1. The fraction of sp³-hybridized carbons (Fsp3) is 0.118. The molecule has 2 heteroatoms. The van der Waals surface area contributed by atoms with E-state index in [0.717, 1.165) is 12.0 Å². The fourth-order valence-electron chi connectivity index (χ4n) is 2.46. The van der Waals surface area contributed by atoms with Crippen molar-refractivity contribution in [1.29, 1.82) is 0 Å². The van der Waals surface area contributed by atoms with Crippen LogP contribution in [0, 0.1) is 0 Å². The maximum atomic E-state index is 9.42. The zero-order chi connectivity index (χ0) is 13.1. The third-order valence-electron chi connectivity index (χ3n) is 3.45. The van der Waals surface area contributed by atoms with Gasteiger partial charge in [0.15, 0.2) is 0 Å². The number of aliphatic imine (C=N–C) groups is 1. The lowest BCUT2D eigenvalue weighted by Crippen LogP contribution is -2.22. The van der Waals surface area contributed by atoms with Crippen LogP contribution in [0.2, 0.25) is 0 Å². The number of hydrogen-bond acceptors (Lipinski definition) is 2. The third kappa shape index (κ3) is 2.29. The molecule has 1 aliphatic rings. The summed E-state index contributed by atoms with van der Waals surface area (Å²) < 4.78 is 0. The highest BCUT2D eigenvalue weighted by Crippen LogP contribution is 2.34. The van der Waals surface area contributed by atoms with Crippen LogP contribution in [0.1, 0.15) is 11.1 Å². The Hall–Kier alpha value is -2.35. The highest BCUT2D eigenvalue weighted by Gasteiger charge is 2.30. The van der Waals surface area contributed by atoms with Crippen LogP contribution < -0.4 is 0 Å². The molecule has 2 aromatic rings. The van der Waals surface area contributed by atoms with Crippen molar-refractivity contribution >= 4 is 6.21 Å². The molecular formula is C17H15NO. The molecule has 1 aliphatic heterocycles. The molecule has 0 fully saturated rings. The second kappa shape index (κ2) is 4.73. The average molecular weight is 249 g/mol. The first-order chi connectivity index (χ1) is 9.28. The summed E-state index contributed by atoms with van der Waals surface area (Å²) in [6.45, 7) is 0. The molecule has 0 saturated heterocycles. The van der Waals surface area contributed by atoms with E-state index in [1.54, 1.807) is 12.1 Å². The molecule has 1 atom stereocenters. The van der Waals surface area contributed by atoms with Gasteiger partial charge in [-0.15, -0.1) is 0 Å². The Labute approximate surface area is 112 Å². The monoisotopic (exact) mass is 249 g/mol. The van der Waals surface area contributed by atoms with Crippen LogP contribution in [-0.4, -0.2) is 11.3 Å². The number of nitrogens with zero attached hydrogens (tertiary/aromatic N) is 1. The first-order valence-electron chi connectivity index (χ1n) is 6.35. The molecule has 2 aromatic carbocycles. The van der Waals surface area contributed by atoms with Gasteiger partial charge < -0.3 is 5.11 Å². The van der Waals surface area contributed by atoms with Gasteiger partial charge in [-0.1, -0.05) is 48.5 Å². The molecule has 1 unspecified atom stereocenters. The number of benzene rings is 2. The van der Waals surface area contributed by atoms with E-state index in [1.807, 2.05) is 42.6 Å². The first kappa shape index (κ1) is 11.7. The molecule has 0 aliphatic carbocycles. The summed E-state index contributed by atoms with van der Waals surface area (Å²) in [4.78, 5) is 4.64. The Kier molecular flexibility index (Phi) is 2.92. The number of aromatic hydroxyl groups is 1. The second-order valence-electron chi connectivity index (χ2n) is 4.77. The molecule has 1 N–H and O–H groups in total. The van der Waals surface area contributed by atoms with E-state index < -0.39 is 0 Å². The molecule has 0 radical (unpaired) electrons. The summed E-state index contributed by atoms with van der Waals surface area (Å²) in [5, 5.41) is 9.42. The molecule has 1 heterocycles. The van der Waals surface area contributed by atoms with Crippen molar-refractivity contribution in [2.45, 2.75) is 12.0 Å². The van der Waals surface area contributed by atoms with Crippen molar-refractivity contribution < 1.29 is 5.11 Å². The van der Waals surface area contributed by atoms with E-state index in [2.05, 4.69) is 23.2 Å². The number of rotatable bonds is 3. The van der Waals surface area contributed by atoms with Crippen molar-refractivity contribution in [3.8, 4) is 5.75 Å². The number of allylic oxidation sites excluding steroid dienone is 1. The van der Waals surface area contributed by atoms with Crippen molar-refractivity contribution in [2.75, 3.05) is 0 Å². The van der Waals surface area contributed by atoms with Gasteiger partial charge in [0.2, 0.25) is 0 Å². The number of hydrogen-bond donors (Lipinski definition) is 1. The van der Waals surface area contributed by atoms with Crippen molar-refractivity contribution in [3.63, 3.8) is 0 Å². The van der Waals surface area contributed by atoms with E-state index in [-0.39, 0.29) is 11.3 Å². The van der Waals surface area contributed by atoms with Crippen LogP contribution in [0.5, 0.6) is 5.75 Å². The quantitative estimate of drug-likeness (QED) is 0.887. The molecule has 0 saturated carbocycles. The minimum absolute atomic E-state index is 0.282. The van der Waals surface area contributed by atoms with Crippen LogP contribution in [0.25, 0.3) is 0 Å². The lowest BCUT2D eigenvalue weighted by Gasteiger charge is -2.25. The van der Waals surface area contributed by atoms with Crippen molar-refractivity contribution in [2.24, 2.45) is 4.99 Å². The Balaban J connectivity index is 1.98. The van der Waals surface area contributed by atoms with E-state index in [0.29, 0.717) is 0 Å². The van der Waals surface area contributed by atoms with Gasteiger partial charge in [0.1, 0.15) is 11.3 Å². The molecule has 0 bridgehead atoms. The van der Waals surface area contributed by atoms with Crippen LogP contribution in [0.3, 0.4) is 0 Å². The van der Waals surface area contributed by atoms with Gasteiger partial charge in [0.05, 0.1) is 0 Å². The summed E-state index contributed by atoms with van der Waals surface area (Å²) >= 11 is 0. The van der Waals surface area contributed by atoms with Gasteiger partial charge in [-0.3, -0.25) is 4.99 Å². The van der Waals surface area contributed by atoms with E-state index in [9.17, 15) is 5.11 Å². The lowest BCUT2D eigenvalue weighted by atomic mass is 9.85. The van der Waals surface area contributed by atoms with E-state index in [1.165, 1.54) is 5.56 Å². The minimum Gasteiger partial charge on any atom is -0.508 e. The molecule has 0 amide bonds. The third-order valence-corrected chi connectivity index (χ3v) is 3.45. The van der Waals surface area contributed by atoms with Crippen molar-refractivity contribution in [3.05, 3.63) is 77.9 Å². The fourth-order valence-corrected chi connectivity index (χ4v) is 2.46. The standard InChI is InChI=1S/C17H15NO/c19-16-9-7-15(8-10-16)17(11-4-12-18-17)13-14-5-2-1-3-6-14/h1-12,19H,13H2. The van der Waals surface area contributed by atoms with Crippen LogP contribution >= 0.6 is 0 Å². The molecule has 0 aromatic heterocycles. The Morgan fingerprint density at radius 1 is 0.947 bits per heavy atom. The van der Waals surface area contributed by atoms with Gasteiger partial charge in [-0.2, -0.15) is 0 Å². The second-order valence-corrected chi connectivity index (χ2v) is 4.77. The highest BCUT2D eigenvalue weighted by atomic mass is 16.3. The predicted molar refractivity (Wildman–Crippen MR) is 77.6 cm³/mol. The van der Waals surface area contributed by atoms with Crippen molar-refractivity contribution in [1.82, 2.24) is 0 Å². The largest absolute Gasteiger partial charge is 0.508 e. The van der Waals surface area contributed by atoms with Gasteiger partial charge in [-0.05, 0) is 29.3 Å². The summed E-state index contributed by atoms with van der Waals surface area (Å²) in [7, 11) is 0. The summed E-state index contributed by atoms with van der Waals surface area (Å²) in [5.74, 6) is 0.282. The predicted octanol–water partition coefficient (Wildman–Crippen LogP) is 3.47.